The van der Waals surface area contributed by atoms with Gasteiger partial charge in [0, 0.05) is 6.54 Å². The molecule has 0 bridgehead atoms. The third kappa shape index (κ3) is 4.57. The van der Waals surface area contributed by atoms with E-state index in [4.69, 9.17) is 14.2 Å². The van der Waals surface area contributed by atoms with Crippen molar-refractivity contribution in [2.24, 2.45) is 0 Å². The predicted octanol–water partition coefficient (Wildman–Crippen LogP) is 2.37. The van der Waals surface area contributed by atoms with Crippen LogP contribution in [-0.2, 0) is 22.6 Å². The Balaban J connectivity index is 1.35. The van der Waals surface area contributed by atoms with Crippen molar-refractivity contribution in [3.8, 4) is 17.2 Å². The van der Waals surface area contributed by atoms with Gasteiger partial charge in [0.2, 0.25) is 12.7 Å². The van der Waals surface area contributed by atoms with Gasteiger partial charge in [-0.3, -0.25) is 9.59 Å². The first-order valence-electron chi connectivity index (χ1n) is 10.8. The Morgan fingerprint density at radius 2 is 1.85 bits per heavy atom. The molecule has 1 saturated heterocycles. The third-order valence-corrected chi connectivity index (χ3v) is 6.04. The van der Waals surface area contributed by atoms with Gasteiger partial charge in [-0.05, 0) is 62.1 Å². The van der Waals surface area contributed by atoms with E-state index in [0.717, 1.165) is 21.8 Å². The van der Waals surface area contributed by atoms with Crippen LogP contribution in [0, 0.1) is 0 Å². The van der Waals surface area contributed by atoms with Crippen molar-refractivity contribution in [1.82, 2.24) is 15.5 Å². The number of nitrogens with one attached hydrogen (secondary N) is 2. The van der Waals surface area contributed by atoms with Crippen molar-refractivity contribution in [2.45, 2.75) is 44.8 Å². The van der Waals surface area contributed by atoms with Gasteiger partial charge in [-0.15, -0.1) is 0 Å². The van der Waals surface area contributed by atoms with E-state index in [2.05, 4.69) is 10.6 Å². The number of nitrogens with zero attached hydrogens (tertiary/aromatic N) is 1. The number of fused-ring (bicyclic) bond motifs is 1. The predicted molar refractivity (Wildman–Crippen MR) is 119 cm³/mol. The molecule has 0 aromatic heterocycles. The Hall–Kier alpha value is -3.75. The molecule has 174 valence electrons. The molecule has 9 nitrogen and oxygen atoms in total. The number of carbonyl (C=O) groups is 3. The Bertz CT molecular complexity index is 1070. The average Bonchev–Trinajstić information content (AvgIpc) is 3.37. The molecule has 1 fully saturated rings. The summed E-state index contributed by atoms with van der Waals surface area (Å²) in [7, 11) is 1.60. The average molecular weight is 453 g/mol. The summed E-state index contributed by atoms with van der Waals surface area (Å²) in [6, 6.07) is 11.4. The Morgan fingerprint density at radius 3 is 2.58 bits per heavy atom. The van der Waals surface area contributed by atoms with E-state index in [1.807, 2.05) is 30.3 Å². The first-order valence-corrected chi connectivity index (χ1v) is 10.8. The van der Waals surface area contributed by atoms with E-state index in [-0.39, 0.29) is 13.3 Å². The number of aryl methyl sites for hydroxylation is 1. The summed E-state index contributed by atoms with van der Waals surface area (Å²) in [4.78, 5) is 39.5. The summed E-state index contributed by atoms with van der Waals surface area (Å²) in [5.74, 6) is 1.20. The SMILES string of the molecule is COc1ccc(CC[C@@]2(C)NC(=O)N([C@H](C)C(=O)NCc3ccc4c(c3)OCO4)C2=O)cc1. The van der Waals surface area contributed by atoms with Crippen LogP contribution in [0.1, 0.15) is 31.4 Å². The molecule has 0 unspecified atom stereocenters. The molecule has 2 aliphatic rings. The lowest BCUT2D eigenvalue weighted by atomic mass is 9.93. The third-order valence-electron chi connectivity index (χ3n) is 6.04. The van der Waals surface area contributed by atoms with Crippen LogP contribution < -0.4 is 24.8 Å². The molecule has 2 aromatic carbocycles. The molecule has 2 aromatic rings. The molecular weight excluding hydrogens is 426 g/mol. The number of carbonyl (C=O) groups excluding carboxylic acids is 3. The molecule has 0 saturated carbocycles. The number of benzene rings is 2. The van der Waals surface area contributed by atoms with Crippen LogP contribution in [0.15, 0.2) is 42.5 Å². The summed E-state index contributed by atoms with van der Waals surface area (Å²) in [6.45, 7) is 3.64. The van der Waals surface area contributed by atoms with Crippen molar-refractivity contribution < 1.29 is 28.6 Å². The zero-order valence-electron chi connectivity index (χ0n) is 18.8. The van der Waals surface area contributed by atoms with E-state index in [9.17, 15) is 14.4 Å². The van der Waals surface area contributed by atoms with E-state index < -0.39 is 29.4 Å². The molecule has 4 rings (SSSR count). The lowest BCUT2D eigenvalue weighted by Gasteiger charge is -2.24. The van der Waals surface area contributed by atoms with Crippen molar-refractivity contribution in [2.75, 3.05) is 13.9 Å². The minimum atomic E-state index is -1.08. The number of hydrogen-bond acceptors (Lipinski definition) is 6. The number of urea groups is 1. The molecule has 4 amide bonds. The van der Waals surface area contributed by atoms with Crippen molar-refractivity contribution in [3.63, 3.8) is 0 Å². The summed E-state index contributed by atoms with van der Waals surface area (Å²) in [5.41, 5.74) is 0.761. The van der Waals surface area contributed by atoms with Gasteiger partial charge >= 0.3 is 6.03 Å². The van der Waals surface area contributed by atoms with E-state index >= 15 is 0 Å². The topological polar surface area (TPSA) is 106 Å². The number of amides is 4. The molecule has 0 aliphatic carbocycles. The maximum absolute atomic E-state index is 13.1. The Kier molecular flexibility index (Phi) is 6.13. The van der Waals surface area contributed by atoms with Gasteiger partial charge in [0.1, 0.15) is 17.3 Å². The Morgan fingerprint density at radius 1 is 1.15 bits per heavy atom. The molecule has 9 heteroatoms. The second-order valence-corrected chi connectivity index (χ2v) is 8.37. The maximum atomic E-state index is 13.1. The minimum absolute atomic E-state index is 0.172. The number of methoxy groups -OCH3 is 1. The second-order valence-electron chi connectivity index (χ2n) is 8.37. The summed E-state index contributed by atoms with van der Waals surface area (Å²) >= 11 is 0. The van der Waals surface area contributed by atoms with Gasteiger partial charge in [0.05, 0.1) is 7.11 Å². The zero-order valence-corrected chi connectivity index (χ0v) is 18.8. The highest BCUT2D eigenvalue weighted by Crippen LogP contribution is 2.32. The number of rotatable bonds is 8. The van der Waals surface area contributed by atoms with Crippen LogP contribution in [0.2, 0.25) is 0 Å². The van der Waals surface area contributed by atoms with Gasteiger partial charge in [0.15, 0.2) is 11.5 Å². The number of imide groups is 1. The van der Waals surface area contributed by atoms with Crippen LogP contribution >= 0.6 is 0 Å². The normalized spacial score (nSPS) is 19.9. The first kappa shape index (κ1) is 22.4. The maximum Gasteiger partial charge on any atom is 0.325 e. The largest absolute Gasteiger partial charge is 0.497 e. The molecule has 2 atom stereocenters. The molecule has 2 aliphatic heterocycles. The smallest absolute Gasteiger partial charge is 0.325 e. The lowest BCUT2D eigenvalue weighted by molar-refractivity contribution is -0.137. The standard InChI is InChI=1S/C24H27N3O6/c1-15(21(28)25-13-17-6-9-19-20(12-17)33-14-32-19)27-22(29)24(2,26-23(27)30)11-10-16-4-7-18(31-3)8-5-16/h4-9,12,15H,10-11,13-14H2,1-3H3,(H,25,28)(H,26,30)/t15-,24-/m1/s1. The highest BCUT2D eigenvalue weighted by atomic mass is 16.7. The van der Waals surface area contributed by atoms with Crippen molar-refractivity contribution >= 4 is 17.8 Å². The molecule has 0 spiro atoms. The fourth-order valence-electron chi connectivity index (χ4n) is 3.92. The fraction of sp³-hybridized carbons (Fsp3) is 0.375. The monoisotopic (exact) mass is 453 g/mol. The second kappa shape index (κ2) is 9.01. The van der Waals surface area contributed by atoms with Gasteiger partial charge in [0.25, 0.3) is 5.91 Å². The van der Waals surface area contributed by atoms with Crippen molar-refractivity contribution in [3.05, 3.63) is 53.6 Å². The van der Waals surface area contributed by atoms with E-state index in [1.165, 1.54) is 0 Å². The lowest BCUT2D eigenvalue weighted by Crippen LogP contribution is -2.49. The summed E-state index contributed by atoms with van der Waals surface area (Å²) in [6.07, 6.45) is 0.997. The molecular formula is C24H27N3O6. The minimum Gasteiger partial charge on any atom is -0.497 e. The van der Waals surface area contributed by atoms with Crippen LogP contribution in [0.5, 0.6) is 17.2 Å². The quantitative estimate of drug-likeness (QED) is 0.595. The van der Waals surface area contributed by atoms with Crippen LogP contribution in [-0.4, -0.2) is 48.2 Å². The van der Waals surface area contributed by atoms with Gasteiger partial charge in [-0.1, -0.05) is 18.2 Å². The first-order chi connectivity index (χ1) is 15.8. The highest BCUT2D eigenvalue weighted by molar-refractivity contribution is 6.09. The summed E-state index contributed by atoms with van der Waals surface area (Å²) in [5, 5.41) is 5.55. The molecule has 0 radical (unpaired) electrons. The van der Waals surface area contributed by atoms with E-state index in [1.54, 1.807) is 33.1 Å². The van der Waals surface area contributed by atoms with Crippen LogP contribution in [0.4, 0.5) is 4.79 Å². The molecule has 2 N–H and O–H groups in total. The number of hydrogen-bond donors (Lipinski definition) is 2. The van der Waals surface area contributed by atoms with Gasteiger partial charge < -0.3 is 24.8 Å². The summed E-state index contributed by atoms with van der Waals surface area (Å²) < 4.78 is 15.8. The zero-order chi connectivity index (χ0) is 23.6. The molecule has 2 heterocycles. The molecule has 33 heavy (non-hydrogen) atoms. The van der Waals surface area contributed by atoms with Gasteiger partial charge in [-0.25, -0.2) is 9.69 Å². The fourth-order valence-corrected chi connectivity index (χ4v) is 3.92. The highest BCUT2D eigenvalue weighted by Gasteiger charge is 2.50. The van der Waals surface area contributed by atoms with E-state index in [0.29, 0.717) is 24.3 Å². The van der Waals surface area contributed by atoms with Crippen LogP contribution in [0.3, 0.4) is 0 Å². The Labute approximate surface area is 192 Å². The van der Waals surface area contributed by atoms with Crippen LogP contribution in [0.25, 0.3) is 0 Å². The van der Waals surface area contributed by atoms with Crippen molar-refractivity contribution in [1.29, 1.82) is 0 Å². The number of ether oxygens (including phenoxy) is 3. The van der Waals surface area contributed by atoms with Gasteiger partial charge in [-0.2, -0.15) is 0 Å².